The van der Waals surface area contributed by atoms with Crippen LogP contribution in [0.3, 0.4) is 0 Å². The standard InChI is InChI=1S/C22H23N3O3S/c1-24-13-15-25(16-14-24)29(27,28)19-11-9-18(10-12-19)23-22(26)21-8-4-6-17-5-2-3-7-20(17)21/h2-12H,13-16H2,1H3,(H,23,26). The van der Waals surface area contributed by atoms with Crippen molar-refractivity contribution >= 4 is 32.4 Å². The van der Waals surface area contributed by atoms with E-state index >= 15 is 0 Å². The second-order valence-corrected chi connectivity index (χ2v) is 9.15. The topological polar surface area (TPSA) is 69.7 Å². The zero-order valence-corrected chi connectivity index (χ0v) is 17.0. The first-order valence-corrected chi connectivity index (χ1v) is 11.0. The van der Waals surface area contributed by atoms with E-state index in [1.807, 2.05) is 43.4 Å². The average molecular weight is 410 g/mol. The fourth-order valence-electron chi connectivity index (χ4n) is 3.51. The van der Waals surface area contributed by atoms with Crippen LogP contribution in [0.4, 0.5) is 5.69 Å². The zero-order valence-electron chi connectivity index (χ0n) is 16.2. The minimum absolute atomic E-state index is 0.225. The van der Waals surface area contributed by atoms with Crippen molar-refractivity contribution in [2.45, 2.75) is 4.90 Å². The van der Waals surface area contributed by atoms with Gasteiger partial charge in [0.1, 0.15) is 0 Å². The highest BCUT2D eigenvalue weighted by Crippen LogP contribution is 2.22. The maximum absolute atomic E-state index is 12.8. The Labute approximate surface area is 170 Å². The number of nitrogens with zero attached hydrogens (tertiary/aromatic N) is 2. The van der Waals surface area contributed by atoms with Gasteiger partial charge in [-0.3, -0.25) is 4.79 Å². The van der Waals surface area contributed by atoms with Crippen LogP contribution in [0.2, 0.25) is 0 Å². The predicted molar refractivity (Wildman–Crippen MR) is 115 cm³/mol. The van der Waals surface area contributed by atoms with Gasteiger partial charge in [-0.05, 0) is 48.2 Å². The third kappa shape index (κ3) is 4.03. The zero-order chi connectivity index (χ0) is 20.4. The Hall–Kier alpha value is -2.74. The Bertz CT molecular complexity index is 1130. The summed E-state index contributed by atoms with van der Waals surface area (Å²) in [4.78, 5) is 15.1. The van der Waals surface area contributed by atoms with Gasteiger partial charge in [0.25, 0.3) is 5.91 Å². The molecule has 0 saturated carbocycles. The Morgan fingerprint density at radius 3 is 2.24 bits per heavy atom. The number of likely N-dealkylation sites (N-methyl/N-ethyl adjacent to an activating group) is 1. The van der Waals surface area contributed by atoms with Crippen molar-refractivity contribution in [2.24, 2.45) is 0 Å². The van der Waals surface area contributed by atoms with Crippen LogP contribution in [0, 0.1) is 0 Å². The number of rotatable bonds is 4. The van der Waals surface area contributed by atoms with E-state index in [4.69, 9.17) is 0 Å². The monoisotopic (exact) mass is 409 g/mol. The van der Waals surface area contributed by atoms with Crippen LogP contribution in [0.1, 0.15) is 10.4 Å². The highest BCUT2D eigenvalue weighted by Gasteiger charge is 2.27. The Morgan fingerprint density at radius 1 is 0.862 bits per heavy atom. The van der Waals surface area contributed by atoms with Crippen molar-refractivity contribution in [1.29, 1.82) is 0 Å². The molecular weight excluding hydrogens is 386 g/mol. The Morgan fingerprint density at radius 2 is 1.52 bits per heavy atom. The first kappa shape index (κ1) is 19.6. The number of hydrogen-bond donors (Lipinski definition) is 1. The van der Waals surface area contributed by atoms with Crippen LogP contribution < -0.4 is 5.32 Å². The minimum Gasteiger partial charge on any atom is -0.322 e. The van der Waals surface area contributed by atoms with Gasteiger partial charge >= 0.3 is 0 Å². The molecule has 1 amide bonds. The number of sulfonamides is 1. The minimum atomic E-state index is -3.52. The van der Waals surface area contributed by atoms with Crippen molar-refractivity contribution in [3.63, 3.8) is 0 Å². The van der Waals surface area contributed by atoms with Crippen LogP contribution in [-0.4, -0.2) is 56.8 Å². The lowest BCUT2D eigenvalue weighted by atomic mass is 10.0. The third-order valence-electron chi connectivity index (χ3n) is 5.25. The second-order valence-electron chi connectivity index (χ2n) is 7.21. The van der Waals surface area contributed by atoms with Crippen LogP contribution in [0.5, 0.6) is 0 Å². The molecule has 1 N–H and O–H groups in total. The lowest BCUT2D eigenvalue weighted by molar-refractivity contribution is 0.102. The molecule has 0 radical (unpaired) electrons. The van der Waals surface area contributed by atoms with Gasteiger partial charge in [-0.1, -0.05) is 36.4 Å². The summed E-state index contributed by atoms with van der Waals surface area (Å²) in [7, 11) is -1.53. The lowest BCUT2D eigenvalue weighted by Gasteiger charge is -2.31. The molecule has 1 heterocycles. The van der Waals surface area contributed by atoms with Crippen molar-refractivity contribution in [2.75, 3.05) is 38.5 Å². The average Bonchev–Trinajstić information content (AvgIpc) is 2.74. The first-order valence-electron chi connectivity index (χ1n) is 9.53. The highest BCUT2D eigenvalue weighted by atomic mass is 32.2. The summed E-state index contributed by atoms with van der Waals surface area (Å²) in [5.41, 5.74) is 1.14. The Kier molecular flexibility index (Phi) is 5.36. The van der Waals surface area contributed by atoms with Gasteiger partial charge in [0.2, 0.25) is 10.0 Å². The quantitative estimate of drug-likeness (QED) is 0.719. The number of carbonyl (C=O) groups is 1. The molecule has 1 fully saturated rings. The summed E-state index contributed by atoms with van der Waals surface area (Å²) in [5, 5.41) is 4.73. The summed E-state index contributed by atoms with van der Waals surface area (Å²) in [5.74, 6) is -0.225. The molecule has 0 aliphatic carbocycles. The molecule has 29 heavy (non-hydrogen) atoms. The van der Waals surface area contributed by atoms with Gasteiger partial charge in [0, 0.05) is 37.4 Å². The number of anilines is 1. The fraction of sp³-hybridized carbons (Fsp3) is 0.227. The number of piperazine rings is 1. The lowest BCUT2D eigenvalue weighted by Crippen LogP contribution is -2.46. The molecule has 6 nitrogen and oxygen atoms in total. The SMILES string of the molecule is CN1CCN(S(=O)(=O)c2ccc(NC(=O)c3cccc4ccccc34)cc2)CC1. The molecule has 0 aromatic heterocycles. The molecule has 0 spiro atoms. The van der Waals surface area contributed by atoms with E-state index in [1.54, 1.807) is 30.3 Å². The molecule has 0 bridgehead atoms. The molecule has 3 aromatic rings. The van der Waals surface area contributed by atoms with E-state index < -0.39 is 10.0 Å². The summed E-state index contributed by atoms with van der Waals surface area (Å²) < 4.78 is 27.1. The van der Waals surface area contributed by atoms with Gasteiger partial charge in [-0.2, -0.15) is 4.31 Å². The Balaban J connectivity index is 1.51. The van der Waals surface area contributed by atoms with E-state index in [0.717, 1.165) is 23.9 Å². The van der Waals surface area contributed by atoms with Crippen molar-refractivity contribution in [3.05, 3.63) is 72.3 Å². The van der Waals surface area contributed by atoms with E-state index in [-0.39, 0.29) is 10.8 Å². The molecule has 7 heteroatoms. The molecule has 150 valence electrons. The molecule has 1 aliphatic heterocycles. The predicted octanol–water partition coefficient (Wildman–Crippen LogP) is 3.03. The van der Waals surface area contributed by atoms with Gasteiger partial charge in [0.05, 0.1) is 4.90 Å². The molecule has 0 unspecified atom stereocenters. The number of hydrogen-bond acceptors (Lipinski definition) is 4. The summed E-state index contributed by atoms with van der Waals surface area (Å²) >= 11 is 0. The molecule has 1 saturated heterocycles. The van der Waals surface area contributed by atoms with Crippen molar-refractivity contribution in [1.82, 2.24) is 9.21 Å². The first-order chi connectivity index (χ1) is 13.9. The molecular formula is C22H23N3O3S. The second kappa shape index (κ2) is 7.94. The van der Waals surface area contributed by atoms with Crippen LogP contribution >= 0.6 is 0 Å². The maximum Gasteiger partial charge on any atom is 0.256 e. The van der Waals surface area contributed by atoms with Crippen LogP contribution in [0.15, 0.2) is 71.6 Å². The smallest absolute Gasteiger partial charge is 0.256 e. The van der Waals surface area contributed by atoms with Crippen molar-refractivity contribution < 1.29 is 13.2 Å². The number of fused-ring (bicyclic) bond motifs is 1. The van der Waals surface area contributed by atoms with E-state index in [1.165, 1.54) is 4.31 Å². The summed E-state index contributed by atoms with van der Waals surface area (Å²) in [6.45, 7) is 2.41. The van der Waals surface area contributed by atoms with Gasteiger partial charge < -0.3 is 10.2 Å². The van der Waals surface area contributed by atoms with Gasteiger partial charge in [-0.25, -0.2) is 8.42 Å². The molecule has 3 aromatic carbocycles. The highest BCUT2D eigenvalue weighted by molar-refractivity contribution is 7.89. The number of amides is 1. The van der Waals surface area contributed by atoms with Gasteiger partial charge in [-0.15, -0.1) is 0 Å². The largest absolute Gasteiger partial charge is 0.322 e. The van der Waals surface area contributed by atoms with Crippen LogP contribution in [-0.2, 0) is 10.0 Å². The summed E-state index contributed by atoms with van der Waals surface area (Å²) in [6, 6.07) is 19.7. The number of carbonyl (C=O) groups excluding carboxylic acids is 1. The third-order valence-corrected chi connectivity index (χ3v) is 7.16. The van der Waals surface area contributed by atoms with Crippen molar-refractivity contribution in [3.8, 4) is 0 Å². The van der Waals surface area contributed by atoms with Gasteiger partial charge in [0.15, 0.2) is 0 Å². The number of nitrogens with one attached hydrogen (secondary N) is 1. The van der Waals surface area contributed by atoms with E-state index in [0.29, 0.717) is 24.3 Å². The summed E-state index contributed by atoms with van der Waals surface area (Å²) in [6.07, 6.45) is 0. The molecule has 4 rings (SSSR count). The fourth-order valence-corrected chi connectivity index (χ4v) is 4.93. The number of benzene rings is 3. The molecule has 0 atom stereocenters. The normalized spacial score (nSPS) is 16.0. The van der Waals surface area contributed by atoms with E-state index in [9.17, 15) is 13.2 Å². The van der Waals surface area contributed by atoms with Crippen LogP contribution in [0.25, 0.3) is 10.8 Å². The molecule has 1 aliphatic rings. The maximum atomic E-state index is 12.8. The van der Waals surface area contributed by atoms with E-state index in [2.05, 4.69) is 10.2 Å².